The first-order valence-corrected chi connectivity index (χ1v) is 6.32. The van der Waals surface area contributed by atoms with Gasteiger partial charge in [0.15, 0.2) is 0 Å². The van der Waals surface area contributed by atoms with Gasteiger partial charge >= 0.3 is 0 Å². The molecule has 0 bridgehead atoms. The second kappa shape index (κ2) is 6.02. The van der Waals surface area contributed by atoms with Gasteiger partial charge in [-0.25, -0.2) is 0 Å². The van der Waals surface area contributed by atoms with E-state index in [9.17, 15) is 0 Å². The standard InChI is InChI=1S/C14H21NO/c1-2-3-9-15-11-14-13-7-5-4-6-12(13)8-10-16-14/h4-7,14-15H,2-3,8-11H2,1H3. The lowest BCUT2D eigenvalue weighted by atomic mass is 9.97. The smallest absolute Gasteiger partial charge is 0.0952 e. The molecule has 1 atom stereocenters. The molecule has 0 spiro atoms. The first-order valence-electron chi connectivity index (χ1n) is 6.32. The molecule has 88 valence electrons. The Labute approximate surface area is 98.0 Å². The number of hydrogen-bond donors (Lipinski definition) is 1. The maximum Gasteiger partial charge on any atom is 0.0952 e. The van der Waals surface area contributed by atoms with E-state index in [4.69, 9.17) is 4.74 Å². The second-order valence-corrected chi connectivity index (χ2v) is 4.37. The third-order valence-electron chi connectivity index (χ3n) is 3.13. The van der Waals surface area contributed by atoms with Gasteiger partial charge in [0, 0.05) is 6.54 Å². The predicted octanol–water partition coefficient (Wildman–Crippen LogP) is 2.69. The van der Waals surface area contributed by atoms with E-state index in [1.54, 1.807) is 0 Å². The maximum atomic E-state index is 5.82. The molecule has 1 N–H and O–H groups in total. The van der Waals surface area contributed by atoms with E-state index in [0.29, 0.717) is 0 Å². The van der Waals surface area contributed by atoms with Crippen molar-refractivity contribution in [2.24, 2.45) is 0 Å². The Hall–Kier alpha value is -0.860. The molecule has 1 aliphatic rings. The third-order valence-corrected chi connectivity index (χ3v) is 3.13. The predicted molar refractivity (Wildman–Crippen MR) is 66.6 cm³/mol. The van der Waals surface area contributed by atoms with Crippen molar-refractivity contribution in [2.75, 3.05) is 19.7 Å². The molecule has 0 aliphatic carbocycles. The molecule has 0 amide bonds. The zero-order valence-corrected chi connectivity index (χ0v) is 10.0. The van der Waals surface area contributed by atoms with Crippen molar-refractivity contribution in [1.82, 2.24) is 5.32 Å². The lowest BCUT2D eigenvalue weighted by molar-refractivity contribution is 0.0426. The summed E-state index contributed by atoms with van der Waals surface area (Å²) in [6, 6.07) is 8.63. The Morgan fingerprint density at radius 2 is 2.25 bits per heavy atom. The molecular formula is C14H21NO. The molecule has 1 unspecified atom stereocenters. The van der Waals surface area contributed by atoms with Crippen LogP contribution in [0.3, 0.4) is 0 Å². The Balaban J connectivity index is 1.91. The fraction of sp³-hybridized carbons (Fsp3) is 0.571. The van der Waals surface area contributed by atoms with Crippen molar-refractivity contribution in [2.45, 2.75) is 32.3 Å². The summed E-state index contributed by atoms with van der Waals surface area (Å²) in [4.78, 5) is 0. The topological polar surface area (TPSA) is 21.3 Å². The summed E-state index contributed by atoms with van der Waals surface area (Å²) in [5, 5.41) is 3.47. The summed E-state index contributed by atoms with van der Waals surface area (Å²) >= 11 is 0. The van der Waals surface area contributed by atoms with Crippen LogP contribution in [0.2, 0.25) is 0 Å². The number of fused-ring (bicyclic) bond motifs is 1. The summed E-state index contributed by atoms with van der Waals surface area (Å²) in [7, 11) is 0. The molecule has 0 saturated carbocycles. The summed E-state index contributed by atoms with van der Waals surface area (Å²) in [5.74, 6) is 0. The minimum Gasteiger partial charge on any atom is -0.372 e. The van der Waals surface area contributed by atoms with Gasteiger partial charge in [-0.05, 0) is 30.5 Å². The minimum atomic E-state index is 0.252. The van der Waals surface area contributed by atoms with Crippen LogP contribution >= 0.6 is 0 Å². The van der Waals surface area contributed by atoms with Crippen molar-refractivity contribution in [1.29, 1.82) is 0 Å². The van der Waals surface area contributed by atoms with Crippen molar-refractivity contribution in [3.63, 3.8) is 0 Å². The molecule has 0 fully saturated rings. The highest BCUT2D eigenvalue weighted by atomic mass is 16.5. The second-order valence-electron chi connectivity index (χ2n) is 4.37. The van der Waals surface area contributed by atoms with E-state index < -0.39 is 0 Å². The highest BCUT2D eigenvalue weighted by Gasteiger charge is 2.19. The van der Waals surface area contributed by atoms with Crippen LogP contribution in [0.5, 0.6) is 0 Å². The van der Waals surface area contributed by atoms with Gasteiger partial charge in [-0.2, -0.15) is 0 Å². The number of ether oxygens (including phenoxy) is 1. The fourth-order valence-corrected chi connectivity index (χ4v) is 2.18. The van der Waals surface area contributed by atoms with E-state index in [-0.39, 0.29) is 6.10 Å². The van der Waals surface area contributed by atoms with Crippen LogP contribution in [0.15, 0.2) is 24.3 Å². The Kier molecular flexibility index (Phi) is 4.37. The normalized spacial score (nSPS) is 19.4. The van der Waals surface area contributed by atoms with E-state index in [0.717, 1.165) is 26.1 Å². The number of unbranched alkanes of at least 4 members (excludes halogenated alkanes) is 1. The lowest BCUT2D eigenvalue weighted by Gasteiger charge is -2.26. The van der Waals surface area contributed by atoms with Crippen LogP contribution in [0, 0.1) is 0 Å². The Bertz CT molecular complexity index is 324. The van der Waals surface area contributed by atoms with Gasteiger partial charge in [-0.15, -0.1) is 0 Å². The van der Waals surface area contributed by atoms with Crippen LogP contribution in [0.1, 0.15) is 37.0 Å². The highest BCUT2D eigenvalue weighted by Crippen LogP contribution is 2.25. The molecule has 2 nitrogen and oxygen atoms in total. The van der Waals surface area contributed by atoms with E-state index in [2.05, 4.69) is 36.5 Å². The third kappa shape index (κ3) is 2.83. The first kappa shape index (κ1) is 11.6. The van der Waals surface area contributed by atoms with Crippen molar-refractivity contribution in [3.05, 3.63) is 35.4 Å². The molecule has 1 aromatic rings. The van der Waals surface area contributed by atoms with Crippen molar-refractivity contribution < 1.29 is 4.74 Å². The average Bonchev–Trinajstić information content (AvgIpc) is 2.35. The number of benzene rings is 1. The van der Waals surface area contributed by atoms with Crippen LogP contribution in [0.4, 0.5) is 0 Å². The minimum absolute atomic E-state index is 0.252. The molecular weight excluding hydrogens is 198 g/mol. The molecule has 0 aromatic heterocycles. The molecule has 2 heteroatoms. The largest absolute Gasteiger partial charge is 0.372 e. The summed E-state index contributed by atoms with van der Waals surface area (Å²) in [6.07, 6.45) is 3.80. The van der Waals surface area contributed by atoms with Crippen LogP contribution in [-0.2, 0) is 11.2 Å². The van der Waals surface area contributed by atoms with Gasteiger partial charge in [-0.1, -0.05) is 37.6 Å². The number of hydrogen-bond acceptors (Lipinski definition) is 2. The Morgan fingerprint density at radius 1 is 1.38 bits per heavy atom. The van der Waals surface area contributed by atoms with Crippen molar-refractivity contribution >= 4 is 0 Å². The fourth-order valence-electron chi connectivity index (χ4n) is 2.18. The number of rotatable bonds is 5. The van der Waals surface area contributed by atoms with Gasteiger partial charge in [0.1, 0.15) is 0 Å². The highest BCUT2D eigenvalue weighted by molar-refractivity contribution is 5.31. The van der Waals surface area contributed by atoms with Crippen LogP contribution in [-0.4, -0.2) is 19.7 Å². The van der Waals surface area contributed by atoms with Crippen LogP contribution < -0.4 is 5.32 Å². The molecule has 0 saturated heterocycles. The summed E-state index contributed by atoms with van der Waals surface area (Å²) in [5.41, 5.74) is 2.83. The zero-order valence-electron chi connectivity index (χ0n) is 10.0. The van der Waals surface area contributed by atoms with E-state index >= 15 is 0 Å². The van der Waals surface area contributed by atoms with Crippen molar-refractivity contribution in [3.8, 4) is 0 Å². The monoisotopic (exact) mass is 219 g/mol. The number of nitrogens with one attached hydrogen (secondary N) is 1. The Morgan fingerprint density at radius 3 is 3.12 bits per heavy atom. The summed E-state index contributed by atoms with van der Waals surface area (Å²) < 4.78 is 5.82. The average molecular weight is 219 g/mol. The maximum absolute atomic E-state index is 5.82. The molecule has 16 heavy (non-hydrogen) atoms. The van der Waals surface area contributed by atoms with Gasteiger partial charge in [0.2, 0.25) is 0 Å². The van der Waals surface area contributed by atoms with Crippen LogP contribution in [0.25, 0.3) is 0 Å². The summed E-state index contributed by atoms with van der Waals surface area (Å²) in [6.45, 7) is 5.11. The van der Waals surface area contributed by atoms with Gasteiger partial charge in [0.25, 0.3) is 0 Å². The van der Waals surface area contributed by atoms with Gasteiger partial charge in [-0.3, -0.25) is 0 Å². The first-order chi connectivity index (χ1) is 7.92. The molecule has 2 rings (SSSR count). The zero-order chi connectivity index (χ0) is 11.2. The SMILES string of the molecule is CCCCNCC1OCCc2ccccc21. The van der Waals surface area contributed by atoms with Gasteiger partial charge in [0.05, 0.1) is 12.7 Å². The quantitative estimate of drug-likeness (QED) is 0.769. The lowest BCUT2D eigenvalue weighted by Crippen LogP contribution is -2.28. The van der Waals surface area contributed by atoms with Gasteiger partial charge < -0.3 is 10.1 Å². The molecule has 1 heterocycles. The van der Waals surface area contributed by atoms with E-state index in [1.807, 2.05) is 0 Å². The molecule has 1 aliphatic heterocycles. The molecule has 0 radical (unpaired) electrons. The van der Waals surface area contributed by atoms with E-state index in [1.165, 1.54) is 24.0 Å². The molecule has 1 aromatic carbocycles.